The summed E-state index contributed by atoms with van der Waals surface area (Å²) in [5.41, 5.74) is 2.69. The molecule has 1 heterocycles. The molecule has 4 heteroatoms. The number of rotatable bonds is 12. The third kappa shape index (κ3) is 7.16. The van der Waals surface area contributed by atoms with Crippen LogP contribution in [0.15, 0.2) is 36.4 Å². The zero-order valence-electron chi connectivity index (χ0n) is 17.4. The molecule has 0 spiro atoms. The molecule has 0 amide bonds. The zero-order chi connectivity index (χ0) is 20.4. The highest BCUT2D eigenvalue weighted by Crippen LogP contribution is 2.32. The fourth-order valence-corrected chi connectivity index (χ4v) is 4.33. The van der Waals surface area contributed by atoms with Crippen LogP contribution in [0.5, 0.6) is 0 Å². The van der Waals surface area contributed by atoms with Crippen molar-refractivity contribution >= 4 is 23.3 Å². The largest absolute Gasteiger partial charge is 0.481 e. The van der Waals surface area contributed by atoms with Gasteiger partial charge in [-0.15, -0.1) is 11.6 Å². The highest BCUT2D eigenvalue weighted by Gasteiger charge is 2.31. The number of nitrogens with zero attached hydrogens (tertiary/aromatic N) is 1. The van der Waals surface area contributed by atoms with Crippen LogP contribution in [0.4, 0.5) is 5.69 Å². The quantitative estimate of drug-likeness (QED) is 0.237. The first-order chi connectivity index (χ1) is 13.5. The Kier molecular flexibility index (Phi) is 9.91. The number of anilines is 1. The van der Waals surface area contributed by atoms with Crippen molar-refractivity contribution in [2.75, 3.05) is 11.4 Å². The Morgan fingerprint density at radius 3 is 2.68 bits per heavy atom. The number of carboxylic acids is 1. The summed E-state index contributed by atoms with van der Waals surface area (Å²) in [5, 5.41) is 8.86. The van der Waals surface area contributed by atoms with Crippen molar-refractivity contribution in [1.82, 2.24) is 0 Å². The van der Waals surface area contributed by atoms with E-state index in [1.807, 2.05) is 0 Å². The fourth-order valence-electron chi connectivity index (χ4n) is 4.00. The molecule has 1 aliphatic rings. The number of carbonyl (C=O) groups is 1. The van der Waals surface area contributed by atoms with Gasteiger partial charge in [0.1, 0.15) is 0 Å². The first-order valence-corrected chi connectivity index (χ1v) is 11.3. The minimum absolute atomic E-state index is 0.163. The van der Waals surface area contributed by atoms with Crippen LogP contribution < -0.4 is 4.90 Å². The molecule has 1 N–H and O–H groups in total. The van der Waals surface area contributed by atoms with Gasteiger partial charge in [0.05, 0.1) is 5.38 Å². The summed E-state index contributed by atoms with van der Waals surface area (Å²) in [6, 6.07) is 9.39. The number of hydrogen-bond donors (Lipinski definition) is 1. The van der Waals surface area contributed by atoms with E-state index in [2.05, 4.69) is 55.2 Å². The standard InChI is InChI=1S/C24H36ClNO2/c1-3-4-7-10-19(2)20-13-15-21(16-14-20)26-18-17-22(25)23(26)11-8-5-6-9-12-24(27)28/h5,8,13-16,19,22-23H,3-4,6-7,9-12,17-18H2,1-2H3,(H,27,28)/b8-5-/t19?,22-,23+/m1/s1. The van der Waals surface area contributed by atoms with E-state index in [1.54, 1.807) is 0 Å². The SMILES string of the molecule is CCCCCC(C)c1ccc(N2CC[C@@H](Cl)[C@@H]2C/C=C\CCCC(=O)O)cc1. The monoisotopic (exact) mass is 405 g/mol. The normalized spacial score (nSPS) is 20.8. The summed E-state index contributed by atoms with van der Waals surface area (Å²) >= 11 is 6.60. The number of hydrogen-bond acceptors (Lipinski definition) is 2. The lowest BCUT2D eigenvalue weighted by molar-refractivity contribution is -0.137. The molecule has 3 atom stereocenters. The van der Waals surface area contributed by atoms with Gasteiger partial charge in [0.25, 0.3) is 0 Å². The van der Waals surface area contributed by atoms with Crippen molar-refractivity contribution in [3.8, 4) is 0 Å². The van der Waals surface area contributed by atoms with Gasteiger partial charge in [-0.1, -0.05) is 57.4 Å². The van der Waals surface area contributed by atoms with Crippen LogP contribution in [-0.2, 0) is 4.79 Å². The van der Waals surface area contributed by atoms with Crippen LogP contribution in [0.3, 0.4) is 0 Å². The molecule has 156 valence electrons. The first kappa shape index (κ1) is 22.8. The summed E-state index contributed by atoms with van der Waals surface area (Å²) in [5.74, 6) is -0.108. The van der Waals surface area contributed by atoms with E-state index in [-0.39, 0.29) is 11.8 Å². The Hall–Kier alpha value is -1.48. The predicted molar refractivity (Wildman–Crippen MR) is 120 cm³/mol. The molecule has 1 aliphatic heterocycles. The second-order valence-electron chi connectivity index (χ2n) is 8.05. The van der Waals surface area contributed by atoms with Gasteiger partial charge in [-0.25, -0.2) is 0 Å². The van der Waals surface area contributed by atoms with Gasteiger partial charge in [-0.2, -0.15) is 0 Å². The van der Waals surface area contributed by atoms with Crippen LogP contribution in [0, 0.1) is 0 Å². The molecule has 0 radical (unpaired) electrons. The Bertz CT molecular complexity index is 614. The second kappa shape index (κ2) is 12.2. The molecule has 0 saturated carbocycles. The van der Waals surface area contributed by atoms with Crippen molar-refractivity contribution in [2.45, 2.75) is 89.0 Å². The predicted octanol–water partition coefficient (Wildman–Crippen LogP) is 6.76. The lowest BCUT2D eigenvalue weighted by Crippen LogP contribution is -2.32. The molecular weight excluding hydrogens is 370 g/mol. The maximum Gasteiger partial charge on any atom is 0.303 e. The highest BCUT2D eigenvalue weighted by atomic mass is 35.5. The molecule has 1 aromatic rings. The molecule has 0 aliphatic carbocycles. The summed E-state index contributed by atoms with van der Waals surface area (Å²) in [7, 11) is 0. The molecule has 3 nitrogen and oxygen atoms in total. The molecule has 1 saturated heterocycles. The Labute approximate surface area is 175 Å². The second-order valence-corrected chi connectivity index (χ2v) is 8.61. The molecule has 2 rings (SSSR count). The number of halogens is 1. The van der Waals surface area contributed by atoms with Gasteiger partial charge in [-0.3, -0.25) is 4.79 Å². The topological polar surface area (TPSA) is 40.5 Å². The molecule has 1 fully saturated rings. The van der Waals surface area contributed by atoms with E-state index < -0.39 is 5.97 Å². The van der Waals surface area contributed by atoms with Crippen molar-refractivity contribution in [1.29, 1.82) is 0 Å². The van der Waals surface area contributed by atoms with E-state index in [1.165, 1.54) is 36.9 Å². The number of alkyl halides is 1. The Morgan fingerprint density at radius 1 is 1.25 bits per heavy atom. The zero-order valence-corrected chi connectivity index (χ0v) is 18.2. The van der Waals surface area contributed by atoms with Gasteiger partial charge in [0.15, 0.2) is 0 Å². The molecule has 0 aromatic heterocycles. The average Bonchev–Trinajstić information content (AvgIpc) is 3.05. The van der Waals surface area contributed by atoms with Gasteiger partial charge in [0.2, 0.25) is 0 Å². The van der Waals surface area contributed by atoms with E-state index in [0.717, 1.165) is 25.8 Å². The highest BCUT2D eigenvalue weighted by molar-refractivity contribution is 6.21. The fraction of sp³-hybridized carbons (Fsp3) is 0.625. The average molecular weight is 406 g/mol. The number of carboxylic acid groups (broad SMARTS) is 1. The van der Waals surface area contributed by atoms with Crippen molar-refractivity contribution in [3.63, 3.8) is 0 Å². The Balaban J connectivity index is 1.89. The van der Waals surface area contributed by atoms with Gasteiger partial charge < -0.3 is 10.0 Å². The van der Waals surface area contributed by atoms with Crippen LogP contribution in [0.1, 0.15) is 83.1 Å². The van der Waals surface area contributed by atoms with E-state index >= 15 is 0 Å². The van der Waals surface area contributed by atoms with Crippen molar-refractivity contribution in [3.05, 3.63) is 42.0 Å². The maximum atomic E-state index is 10.6. The molecule has 1 unspecified atom stereocenters. The molecular formula is C24H36ClNO2. The van der Waals surface area contributed by atoms with E-state index in [4.69, 9.17) is 16.7 Å². The third-order valence-corrected chi connectivity index (χ3v) is 6.31. The van der Waals surface area contributed by atoms with E-state index in [9.17, 15) is 4.79 Å². The first-order valence-electron chi connectivity index (χ1n) is 10.9. The minimum Gasteiger partial charge on any atom is -0.481 e. The molecule has 28 heavy (non-hydrogen) atoms. The molecule has 0 bridgehead atoms. The lowest BCUT2D eigenvalue weighted by Gasteiger charge is -2.28. The van der Waals surface area contributed by atoms with Gasteiger partial charge in [-0.05, 0) is 55.7 Å². The van der Waals surface area contributed by atoms with Crippen LogP contribution in [0.2, 0.25) is 0 Å². The summed E-state index contributed by atoms with van der Waals surface area (Å²) in [6.45, 7) is 5.58. The van der Waals surface area contributed by atoms with Gasteiger partial charge >= 0.3 is 5.97 Å². The number of allylic oxidation sites excluding steroid dienone is 1. The molecule has 1 aromatic carbocycles. The minimum atomic E-state index is -0.723. The third-order valence-electron chi connectivity index (χ3n) is 5.80. The summed E-state index contributed by atoms with van der Waals surface area (Å²) in [4.78, 5) is 13.0. The number of unbranched alkanes of at least 4 members (excludes halogenated alkanes) is 3. The maximum absolute atomic E-state index is 10.6. The number of benzene rings is 1. The van der Waals surface area contributed by atoms with Crippen molar-refractivity contribution in [2.24, 2.45) is 0 Å². The smallest absolute Gasteiger partial charge is 0.303 e. The van der Waals surface area contributed by atoms with E-state index in [0.29, 0.717) is 18.4 Å². The van der Waals surface area contributed by atoms with Gasteiger partial charge in [0, 0.05) is 24.7 Å². The van der Waals surface area contributed by atoms with Crippen LogP contribution in [0.25, 0.3) is 0 Å². The lowest BCUT2D eigenvalue weighted by atomic mass is 9.95. The Morgan fingerprint density at radius 2 is 2.00 bits per heavy atom. The summed E-state index contributed by atoms with van der Waals surface area (Å²) < 4.78 is 0. The summed E-state index contributed by atoms with van der Waals surface area (Å²) in [6.07, 6.45) is 13.1. The van der Waals surface area contributed by atoms with Crippen LogP contribution in [-0.4, -0.2) is 29.0 Å². The number of aliphatic carboxylic acids is 1. The van der Waals surface area contributed by atoms with Crippen LogP contribution >= 0.6 is 11.6 Å². The van der Waals surface area contributed by atoms with Crippen molar-refractivity contribution < 1.29 is 9.90 Å².